The zero-order chi connectivity index (χ0) is 35.6. The van der Waals surface area contributed by atoms with Crippen molar-refractivity contribution in [2.75, 3.05) is 13.1 Å². The van der Waals surface area contributed by atoms with Crippen LogP contribution in [0.25, 0.3) is 11.3 Å². The maximum absolute atomic E-state index is 12.4. The molecular formula is C34H30N8Na2O8. The van der Waals surface area contributed by atoms with Gasteiger partial charge >= 0.3 is 59.1 Å². The Kier molecular flexibility index (Phi) is 15.7. The van der Waals surface area contributed by atoms with Crippen molar-refractivity contribution in [3.05, 3.63) is 140 Å². The minimum Gasteiger partial charge on any atom is -0.548 e. The molecule has 0 saturated heterocycles. The molecule has 0 atom stereocenters. The number of aryl methyl sites for hydroxylation is 4. The zero-order valence-corrected chi connectivity index (χ0v) is 32.4. The van der Waals surface area contributed by atoms with E-state index in [9.17, 15) is 39.0 Å². The van der Waals surface area contributed by atoms with E-state index in [1.165, 1.54) is 24.8 Å². The van der Waals surface area contributed by atoms with Gasteiger partial charge in [-0.2, -0.15) is 0 Å². The van der Waals surface area contributed by atoms with Crippen LogP contribution < -0.4 is 90.8 Å². The normalized spacial score (nSPS) is 10.3. The van der Waals surface area contributed by atoms with Gasteiger partial charge in [-0.3, -0.25) is 29.4 Å². The number of aromatic amines is 2. The van der Waals surface area contributed by atoms with Crippen molar-refractivity contribution in [1.29, 1.82) is 0 Å². The molecule has 16 nitrogen and oxygen atoms in total. The second kappa shape index (κ2) is 19.7. The number of carbonyl (C=O) groups is 4. The number of nitrogens with zero attached hydrogens (tertiary/aromatic N) is 4. The molecule has 6 aromatic rings. The third-order valence-corrected chi connectivity index (χ3v) is 7.55. The SMILES string of the molecule is O=C([O-])CNC(=O)c1c(=O)cc(CCc2ccccc2)n2[nH]cnc12.O=C([O-])CNC(=O)c1c(=O)cc(CCc2ccccc2)n2[nH]cnc12.[Na+].[Na+]. The third kappa shape index (κ3) is 10.6. The second-order valence-corrected chi connectivity index (χ2v) is 10.9. The van der Waals surface area contributed by atoms with Gasteiger partial charge in [0.05, 0.1) is 25.0 Å². The van der Waals surface area contributed by atoms with Crippen molar-refractivity contribution in [2.24, 2.45) is 0 Å². The quantitative estimate of drug-likeness (QED) is 0.0870. The Balaban J connectivity index is 0.000000270. The second-order valence-electron chi connectivity index (χ2n) is 10.9. The average molecular weight is 725 g/mol. The number of nitrogens with one attached hydrogen (secondary N) is 4. The number of aromatic nitrogens is 6. The van der Waals surface area contributed by atoms with Gasteiger partial charge in [0.25, 0.3) is 11.8 Å². The van der Waals surface area contributed by atoms with Gasteiger partial charge < -0.3 is 30.4 Å². The number of hydrogen-bond acceptors (Lipinski definition) is 10. The zero-order valence-electron chi connectivity index (χ0n) is 28.4. The molecule has 0 bridgehead atoms. The number of pyridine rings is 2. The first-order valence-corrected chi connectivity index (χ1v) is 15.3. The molecule has 52 heavy (non-hydrogen) atoms. The van der Waals surface area contributed by atoms with Gasteiger partial charge in [0, 0.05) is 23.5 Å². The summed E-state index contributed by atoms with van der Waals surface area (Å²) < 4.78 is 3.11. The molecule has 0 aliphatic heterocycles. The Morgan fingerprint density at radius 2 is 0.962 bits per heavy atom. The van der Waals surface area contributed by atoms with E-state index in [0.29, 0.717) is 24.2 Å². The fraction of sp³-hybridized carbons (Fsp3) is 0.176. The number of carboxylic acid groups (broad SMARTS) is 2. The van der Waals surface area contributed by atoms with E-state index in [2.05, 4.69) is 30.8 Å². The van der Waals surface area contributed by atoms with Crippen LogP contribution in [0.5, 0.6) is 0 Å². The summed E-state index contributed by atoms with van der Waals surface area (Å²) >= 11 is 0. The van der Waals surface area contributed by atoms with E-state index in [1.54, 1.807) is 9.03 Å². The minimum absolute atomic E-state index is 0. The van der Waals surface area contributed by atoms with Crippen molar-refractivity contribution in [3.8, 4) is 0 Å². The molecule has 0 spiro atoms. The molecular weight excluding hydrogens is 694 g/mol. The van der Waals surface area contributed by atoms with Gasteiger partial charge in [-0.25, -0.2) is 19.0 Å². The first-order valence-electron chi connectivity index (χ1n) is 15.3. The fourth-order valence-corrected chi connectivity index (χ4v) is 5.23. The number of rotatable bonds is 12. The maximum Gasteiger partial charge on any atom is 1.00 e. The van der Waals surface area contributed by atoms with Crippen molar-refractivity contribution >= 4 is 35.0 Å². The predicted molar refractivity (Wildman–Crippen MR) is 174 cm³/mol. The summed E-state index contributed by atoms with van der Waals surface area (Å²) in [5, 5.41) is 31.0. The van der Waals surface area contributed by atoms with Gasteiger partial charge in [0.2, 0.25) is 0 Å². The van der Waals surface area contributed by atoms with Crippen molar-refractivity contribution in [3.63, 3.8) is 0 Å². The summed E-state index contributed by atoms with van der Waals surface area (Å²) in [6, 6.07) is 22.3. The monoisotopic (exact) mass is 724 g/mol. The Labute approximate surface area is 339 Å². The standard InChI is InChI=1S/2C17H16N4O4.2Na/c2*22-13-8-12(7-6-11-4-2-1-3-5-11)21-16(19-10-20-21)15(13)17(25)18-9-14(23)24;;/h2*1-5,8,10H,6-7,9H2,(H,18,25)(H,19,20)(H,23,24);;/q;;2*+1/p-2. The Hall–Kier alpha value is -4.84. The van der Waals surface area contributed by atoms with Crippen LogP contribution in [0.1, 0.15) is 43.2 Å². The predicted octanol–water partition coefficient (Wildman–Crippen LogP) is -7.42. The molecule has 0 unspecified atom stereocenters. The minimum atomic E-state index is -1.44. The number of aliphatic carboxylic acids is 2. The van der Waals surface area contributed by atoms with Crippen LogP contribution in [-0.4, -0.2) is 66.0 Å². The summed E-state index contributed by atoms with van der Waals surface area (Å²) in [6.45, 7) is -1.35. The summed E-state index contributed by atoms with van der Waals surface area (Å²) in [5.74, 6) is -4.47. The summed E-state index contributed by atoms with van der Waals surface area (Å²) in [4.78, 5) is 77.9. The van der Waals surface area contributed by atoms with E-state index >= 15 is 0 Å². The molecule has 2 aromatic carbocycles. The van der Waals surface area contributed by atoms with Gasteiger partial charge in [-0.15, -0.1) is 0 Å². The van der Waals surface area contributed by atoms with E-state index < -0.39 is 47.7 Å². The molecule has 4 heterocycles. The molecule has 0 radical (unpaired) electrons. The van der Waals surface area contributed by atoms with E-state index in [1.807, 2.05) is 60.7 Å². The van der Waals surface area contributed by atoms with Crippen LogP contribution >= 0.6 is 0 Å². The third-order valence-electron chi connectivity index (χ3n) is 7.55. The molecule has 4 N–H and O–H groups in total. The van der Waals surface area contributed by atoms with Crippen LogP contribution in [0.3, 0.4) is 0 Å². The molecule has 6 rings (SSSR count). The molecule has 256 valence electrons. The van der Waals surface area contributed by atoms with Crippen LogP contribution in [0.15, 0.2) is 95.0 Å². The van der Waals surface area contributed by atoms with E-state index in [-0.39, 0.29) is 81.5 Å². The molecule has 0 aliphatic rings. The smallest absolute Gasteiger partial charge is 0.548 e. The van der Waals surface area contributed by atoms with Crippen LogP contribution in [0.4, 0.5) is 0 Å². The summed E-state index contributed by atoms with van der Waals surface area (Å²) in [6.07, 6.45) is 5.33. The average Bonchev–Trinajstić information content (AvgIpc) is 3.80. The van der Waals surface area contributed by atoms with Crippen molar-refractivity contribution in [1.82, 2.24) is 39.8 Å². The van der Waals surface area contributed by atoms with Gasteiger partial charge in [0.1, 0.15) is 23.8 Å². The van der Waals surface area contributed by atoms with Crippen LogP contribution in [0, 0.1) is 0 Å². The largest absolute Gasteiger partial charge is 1.00 e. The topological polar surface area (TPSA) is 239 Å². The first kappa shape index (κ1) is 41.6. The molecule has 4 aromatic heterocycles. The number of benzene rings is 2. The Bertz CT molecular complexity index is 2120. The molecule has 18 heteroatoms. The van der Waals surface area contributed by atoms with Gasteiger partial charge in [0.15, 0.2) is 22.2 Å². The van der Waals surface area contributed by atoms with E-state index in [0.717, 1.165) is 24.0 Å². The van der Waals surface area contributed by atoms with E-state index in [4.69, 9.17) is 0 Å². The first-order chi connectivity index (χ1) is 24.1. The van der Waals surface area contributed by atoms with Crippen molar-refractivity contribution in [2.45, 2.75) is 25.7 Å². The Morgan fingerprint density at radius 3 is 1.31 bits per heavy atom. The number of amides is 2. The number of carbonyl (C=O) groups excluding carboxylic acids is 4. The number of H-pyrrole nitrogens is 2. The number of carboxylic acids is 2. The number of fused-ring (bicyclic) bond motifs is 2. The maximum atomic E-state index is 12.4. The molecule has 0 aliphatic carbocycles. The Morgan fingerprint density at radius 1 is 0.596 bits per heavy atom. The fourth-order valence-electron chi connectivity index (χ4n) is 5.23. The van der Waals surface area contributed by atoms with Crippen LogP contribution in [0.2, 0.25) is 0 Å². The molecule has 0 saturated carbocycles. The van der Waals surface area contributed by atoms with Gasteiger partial charge in [-0.1, -0.05) is 60.7 Å². The summed E-state index contributed by atoms with van der Waals surface area (Å²) in [5.41, 5.74) is 2.50. The van der Waals surface area contributed by atoms with Crippen molar-refractivity contribution < 1.29 is 88.5 Å². The summed E-state index contributed by atoms with van der Waals surface area (Å²) in [7, 11) is 0. The van der Waals surface area contributed by atoms with Crippen LogP contribution in [-0.2, 0) is 35.3 Å². The van der Waals surface area contributed by atoms with Gasteiger partial charge in [-0.05, 0) is 36.8 Å². The molecule has 2 amide bonds. The number of hydrogen-bond donors (Lipinski definition) is 4. The molecule has 0 fully saturated rings.